The van der Waals surface area contributed by atoms with Crippen molar-refractivity contribution >= 4 is 17.1 Å². The Morgan fingerprint density at radius 3 is 2.70 bits per heavy atom. The Labute approximate surface area is 155 Å². The number of ether oxygens (including phenoxy) is 1. The Bertz CT molecular complexity index is 952. The average Bonchev–Trinajstić information content (AvgIpc) is 3.10. The molecule has 0 aromatic carbocycles. The molecule has 3 aromatic heterocycles. The second kappa shape index (κ2) is 7.60. The number of amides is 1. The van der Waals surface area contributed by atoms with Gasteiger partial charge in [-0.15, -0.1) is 0 Å². The third-order valence-corrected chi connectivity index (χ3v) is 4.29. The summed E-state index contributed by atoms with van der Waals surface area (Å²) in [6.45, 7) is 1.23. The summed E-state index contributed by atoms with van der Waals surface area (Å²) < 4.78 is 6.65. The number of nitrogens with two attached hydrogens (primary N) is 1. The normalized spacial score (nSPS) is 13.3. The number of hydrogen-bond donors (Lipinski definition) is 4. The second-order valence-corrected chi connectivity index (χ2v) is 6.12. The fraction of sp³-hybridized carbons (Fsp3) is 0.278. The highest BCUT2D eigenvalue weighted by molar-refractivity contribution is 6.02. The first kappa shape index (κ1) is 18.6. The van der Waals surface area contributed by atoms with Gasteiger partial charge in [0.1, 0.15) is 0 Å². The Morgan fingerprint density at radius 2 is 2.15 bits per heavy atom. The van der Waals surface area contributed by atoms with Crippen LogP contribution < -0.4 is 15.8 Å². The number of aliphatic hydroxyl groups excluding tert-OH is 2. The molecule has 0 radical (unpaired) electrons. The van der Waals surface area contributed by atoms with E-state index < -0.39 is 18.1 Å². The van der Waals surface area contributed by atoms with E-state index in [1.165, 1.54) is 6.20 Å². The van der Waals surface area contributed by atoms with Gasteiger partial charge < -0.3 is 26.0 Å². The summed E-state index contributed by atoms with van der Waals surface area (Å²) in [6.07, 6.45) is 3.96. The molecule has 0 aliphatic heterocycles. The van der Waals surface area contributed by atoms with E-state index in [4.69, 9.17) is 10.5 Å². The van der Waals surface area contributed by atoms with Crippen molar-refractivity contribution in [2.45, 2.75) is 19.1 Å². The summed E-state index contributed by atoms with van der Waals surface area (Å²) in [6, 6.07) is 4.75. The lowest BCUT2D eigenvalue weighted by Gasteiger charge is -2.22. The van der Waals surface area contributed by atoms with E-state index in [1.807, 2.05) is 12.1 Å². The van der Waals surface area contributed by atoms with Gasteiger partial charge in [-0.2, -0.15) is 5.10 Å². The van der Waals surface area contributed by atoms with E-state index in [2.05, 4.69) is 15.4 Å². The highest BCUT2D eigenvalue weighted by atomic mass is 16.5. The molecule has 5 N–H and O–H groups in total. The number of carbonyl (C=O) groups excluding carboxylic acids is 1. The number of anilines is 1. The fourth-order valence-corrected chi connectivity index (χ4v) is 2.73. The number of nitrogens with one attached hydrogen (secondary N) is 1. The SMILES string of the molecule is COc1ccc(-c2cc3c(N[C@H](CO)[C@@H](C)O)c(C(N)=O)cnn3c2)cn1. The smallest absolute Gasteiger partial charge is 0.252 e. The molecule has 27 heavy (non-hydrogen) atoms. The van der Waals surface area contributed by atoms with Crippen LogP contribution in [0, 0.1) is 0 Å². The van der Waals surface area contributed by atoms with Crippen molar-refractivity contribution < 1.29 is 19.7 Å². The molecule has 9 heteroatoms. The highest BCUT2D eigenvalue weighted by Gasteiger charge is 2.21. The van der Waals surface area contributed by atoms with Gasteiger partial charge in [0.15, 0.2) is 0 Å². The molecule has 3 aromatic rings. The molecule has 0 saturated heterocycles. The third kappa shape index (κ3) is 3.69. The number of aromatic nitrogens is 3. The van der Waals surface area contributed by atoms with Crippen LogP contribution in [0.15, 0.2) is 36.8 Å². The van der Waals surface area contributed by atoms with E-state index in [1.54, 1.807) is 37.0 Å². The Balaban J connectivity index is 2.11. The van der Waals surface area contributed by atoms with Crippen molar-refractivity contribution in [2.24, 2.45) is 5.73 Å². The summed E-state index contributed by atoms with van der Waals surface area (Å²) in [5, 5.41) is 26.6. The van der Waals surface area contributed by atoms with Crippen molar-refractivity contribution in [3.05, 3.63) is 42.4 Å². The molecule has 142 valence electrons. The molecule has 2 atom stereocenters. The van der Waals surface area contributed by atoms with E-state index in [0.717, 1.165) is 11.1 Å². The summed E-state index contributed by atoms with van der Waals surface area (Å²) in [4.78, 5) is 16.0. The third-order valence-electron chi connectivity index (χ3n) is 4.29. The van der Waals surface area contributed by atoms with Crippen LogP contribution in [0.5, 0.6) is 5.88 Å². The topological polar surface area (TPSA) is 135 Å². The number of methoxy groups -OCH3 is 1. The summed E-state index contributed by atoms with van der Waals surface area (Å²) >= 11 is 0. The number of nitrogens with zero attached hydrogens (tertiary/aromatic N) is 3. The van der Waals surface area contributed by atoms with E-state index in [0.29, 0.717) is 17.1 Å². The molecule has 0 spiro atoms. The largest absolute Gasteiger partial charge is 0.481 e. The van der Waals surface area contributed by atoms with Gasteiger partial charge in [0.2, 0.25) is 5.88 Å². The fourth-order valence-electron chi connectivity index (χ4n) is 2.73. The Hall–Kier alpha value is -3.17. The number of pyridine rings is 1. The predicted molar refractivity (Wildman–Crippen MR) is 99.7 cm³/mol. The van der Waals surface area contributed by atoms with Crippen molar-refractivity contribution in [3.8, 4) is 17.0 Å². The first-order chi connectivity index (χ1) is 12.9. The molecule has 0 fully saturated rings. The molecule has 3 heterocycles. The zero-order valence-electron chi connectivity index (χ0n) is 15.0. The minimum atomic E-state index is -0.843. The van der Waals surface area contributed by atoms with Gasteiger partial charge in [-0.1, -0.05) is 0 Å². The van der Waals surface area contributed by atoms with Crippen molar-refractivity contribution in [1.29, 1.82) is 0 Å². The summed E-state index contributed by atoms with van der Waals surface area (Å²) in [5.41, 5.74) is 8.27. The number of carbonyl (C=O) groups is 1. The van der Waals surface area contributed by atoms with Crippen LogP contribution in [0.3, 0.4) is 0 Å². The summed E-state index contributed by atoms with van der Waals surface area (Å²) in [5.74, 6) is -0.162. The van der Waals surface area contributed by atoms with Gasteiger partial charge in [-0.05, 0) is 19.1 Å². The number of hydrogen-bond acceptors (Lipinski definition) is 7. The number of fused-ring (bicyclic) bond motifs is 1. The number of aliphatic hydroxyl groups is 2. The molecule has 3 rings (SSSR count). The lowest BCUT2D eigenvalue weighted by molar-refractivity contribution is 0.0999. The minimum Gasteiger partial charge on any atom is -0.481 e. The molecule has 0 saturated carbocycles. The van der Waals surface area contributed by atoms with Crippen LogP contribution in [0.4, 0.5) is 5.69 Å². The van der Waals surface area contributed by atoms with Crippen LogP contribution in [-0.2, 0) is 0 Å². The van der Waals surface area contributed by atoms with Crippen molar-refractivity contribution in [2.75, 3.05) is 19.0 Å². The highest BCUT2D eigenvalue weighted by Crippen LogP contribution is 2.29. The Kier molecular flexibility index (Phi) is 5.24. The van der Waals surface area contributed by atoms with Gasteiger partial charge in [-0.25, -0.2) is 9.50 Å². The van der Waals surface area contributed by atoms with E-state index in [-0.39, 0.29) is 12.2 Å². The molecule has 0 unspecified atom stereocenters. The van der Waals surface area contributed by atoms with Crippen LogP contribution >= 0.6 is 0 Å². The number of primary amides is 1. The van der Waals surface area contributed by atoms with Gasteiger partial charge in [-0.3, -0.25) is 4.79 Å². The van der Waals surface area contributed by atoms with Crippen LogP contribution in [-0.4, -0.2) is 56.6 Å². The van der Waals surface area contributed by atoms with E-state index >= 15 is 0 Å². The Morgan fingerprint density at radius 1 is 1.37 bits per heavy atom. The van der Waals surface area contributed by atoms with E-state index in [9.17, 15) is 15.0 Å². The van der Waals surface area contributed by atoms with Crippen molar-refractivity contribution in [1.82, 2.24) is 14.6 Å². The zero-order chi connectivity index (χ0) is 19.6. The molecular formula is C18H21N5O4. The lowest BCUT2D eigenvalue weighted by atomic mass is 10.1. The first-order valence-electron chi connectivity index (χ1n) is 8.31. The average molecular weight is 371 g/mol. The molecule has 9 nitrogen and oxygen atoms in total. The zero-order valence-corrected chi connectivity index (χ0v) is 15.0. The molecule has 0 bridgehead atoms. The molecule has 0 aliphatic carbocycles. The monoisotopic (exact) mass is 371 g/mol. The maximum absolute atomic E-state index is 11.8. The second-order valence-electron chi connectivity index (χ2n) is 6.12. The molecule has 0 aliphatic rings. The standard InChI is InChI=1S/C18H21N5O4/c1-10(25)14(9-24)22-17-13(18(19)26)7-21-23-8-12(5-15(17)23)11-3-4-16(27-2)20-6-11/h3-8,10,14,22,24-25H,9H2,1-2H3,(H2,19,26)/t10-,14-/m1/s1. The van der Waals surface area contributed by atoms with Gasteiger partial charge >= 0.3 is 0 Å². The van der Waals surface area contributed by atoms with Crippen LogP contribution in [0.1, 0.15) is 17.3 Å². The maximum Gasteiger partial charge on any atom is 0.252 e. The minimum absolute atomic E-state index is 0.166. The summed E-state index contributed by atoms with van der Waals surface area (Å²) in [7, 11) is 1.54. The predicted octanol–water partition coefficient (Wildman–Crippen LogP) is 0.657. The molecular weight excluding hydrogens is 350 g/mol. The number of rotatable bonds is 7. The maximum atomic E-state index is 11.8. The quantitative estimate of drug-likeness (QED) is 0.479. The van der Waals surface area contributed by atoms with Crippen LogP contribution in [0.25, 0.3) is 16.6 Å². The van der Waals surface area contributed by atoms with Gasteiger partial charge in [0.25, 0.3) is 5.91 Å². The van der Waals surface area contributed by atoms with Gasteiger partial charge in [0, 0.05) is 29.6 Å². The van der Waals surface area contributed by atoms with Gasteiger partial charge in [0.05, 0.1) is 48.8 Å². The lowest BCUT2D eigenvalue weighted by Crippen LogP contribution is -2.35. The molecule has 1 amide bonds. The van der Waals surface area contributed by atoms with Crippen LogP contribution in [0.2, 0.25) is 0 Å². The van der Waals surface area contributed by atoms with Crippen molar-refractivity contribution in [3.63, 3.8) is 0 Å². The first-order valence-corrected chi connectivity index (χ1v) is 8.31.